The van der Waals surface area contributed by atoms with Crippen molar-refractivity contribution in [3.8, 4) is 0 Å². The number of sulfonamides is 1. The molecule has 4 nitrogen and oxygen atoms in total. The summed E-state index contributed by atoms with van der Waals surface area (Å²) in [5.41, 5.74) is 1.28. The molecule has 88 valence electrons. The highest BCUT2D eigenvalue weighted by molar-refractivity contribution is 7.92. The molecule has 0 bridgehead atoms. The van der Waals surface area contributed by atoms with Crippen molar-refractivity contribution in [2.24, 2.45) is 0 Å². The molecule has 17 heavy (non-hydrogen) atoms. The third-order valence-corrected chi connectivity index (χ3v) is 3.60. The predicted octanol–water partition coefficient (Wildman–Crippen LogP) is 2.19. The molecule has 1 aromatic heterocycles. The normalized spacial score (nSPS) is 11.1. The molecule has 1 aromatic carbocycles. The van der Waals surface area contributed by atoms with Gasteiger partial charge in [-0.15, -0.1) is 0 Å². The zero-order chi connectivity index (χ0) is 12.3. The van der Waals surface area contributed by atoms with E-state index < -0.39 is 10.0 Å². The highest BCUT2D eigenvalue weighted by atomic mass is 32.2. The van der Waals surface area contributed by atoms with Crippen LogP contribution in [0, 0.1) is 6.92 Å². The van der Waals surface area contributed by atoms with E-state index in [9.17, 15) is 8.42 Å². The minimum atomic E-state index is -3.51. The quantitative estimate of drug-likeness (QED) is 0.905. The van der Waals surface area contributed by atoms with Gasteiger partial charge in [0, 0.05) is 11.9 Å². The van der Waals surface area contributed by atoms with Gasteiger partial charge in [-0.05, 0) is 31.2 Å². The molecule has 1 heterocycles. The van der Waals surface area contributed by atoms with E-state index in [4.69, 9.17) is 0 Å². The maximum Gasteiger partial charge on any atom is 0.261 e. The number of pyridine rings is 1. The van der Waals surface area contributed by atoms with Gasteiger partial charge in [0.15, 0.2) is 0 Å². The molecule has 2 rings (SSSR count). The molecule has 2 aromatic rings. The van der Waals surface area contributed by atoms with Gasteiger partial charge in [-0.1, -0.05) is 18.2 Å². The number of hydrogen-bond acceptors (Lipinski definition) is 3. The summed E-state index contributed by atoms with van der Waals surface area (Å²) in [7, 11) is -3.51. The van der Waals surface area contributed by atoms with Gasteiger partial charge in [0.25, 0.3) is 10.0 Å². The molecule has 0 atom stereocenters. The summed E-state index contributed by atoms with van der Waals surface area (Å²) in [4.78, 5) is 4.25. The fourth-order valence-corrected chi connectivity index (χ4v) is 2.49. The Balaban J connectivity index is 2.30. The van der Waals surface area contributed by atoms with E-state index in [0.29, 0.717) is 5.69 Å². The van der Waals surface area contributed by atoms with Crippen molar-refractivity contribution in [2.75, 3.05) is 4.72 Å². The first kappa shape index (κ1) is 11.6. The minimum Gasteiger partial charge on any atom is -0.280 e. The average Bonchev–Trinajstić information content (AvgIpc) is 2.29. The Morgan fingerprint density at radius 3 is 2.47 bits per heavy atom. The lowest BCUT2D eigenvalue weighted by Gasteiger charge is -2.07. The largest absolute Gasteiger partial charge is 0.280 e. The molecule has 0 radical (unpaired) electrons. The predicted molar refractivity (Wildman–Crippen MR) is 66.2 cm³/mol. The molecule has 0 fully saturated rings. The molecule has 0 saturated carbocycles. The fourth-order valence-electron chi connectivity index (χ4n) is 1.42. The summed E-state index contributed by atoms with van der Waals surface area (Å²) in [6.07, 6.45) is 1.57. The van der Waals surface area contributed by atoms with Crippen LogP contribution in [-0.4, -0.2) is 13.4 Å². The molecule has 0 aliphatic rings. The second-order valence-corrected chi connectivity index (χ2v) is 5.29. The maximum absolute atomic E-state index is 12.0. The van der Waals surface area contributed by atoms with Gasteiger partial charge in [0.2, 0.25) is 0 Å². The molecule has 5 heteroatoms. The van der Waals surface area contributed by atoms with Crippen LogP contribution in [0.2, 0.25) is 0 Å². The van der Waals surface area contributed by atoms with Gasteiger partial charge >= 0.3 is 0 Å². The third kappa shape index (κ3) is 2.82. The van der Waals surface area contributed by atoms with Crippen molar-refractivity contribution in [3.05, 3.63) is 54.4 Å². The van der Waals surface area contributed by atoms with Gasteiger partial charge in [0.1, 0.15) is 0 Å². The van der Waals surface area contributed by atoms with Crippen molar-refractivity contribution < 1.29 is 8.42 Å². The maximum atomic E-state index is 12.0. The van der Waals surface area contributed by atoms with Gasteiger partial charge in [-0.2, -0.15) is 0 Å². The molecule has 0 unspecified atom stereocenters. The molecular weight excluding hydrogens is 236 g/mol. The van der Waals surface area contributed by atoms with E-state index in [1.165, 1.54) is 0 Å². The van der Waals surface area contributed by atoms with Crippen LogP contribution in [0.4, 0.5) is 5.69 Å². The first-order chi connectivity index (χ1) is 8.08. The van der Waals surface area contributed by atoms with E-state index >= 15 is 0 Å². The van der Waals surface area contributed by atoms with Gasteiger partial charge < -0.3 is 0 Å². The van der Waals surface area contributed by atoms with E-state index in [1.807, 2.05) is 0 Å². The fraction of sp³-hybridized carbons (Fsp3) is 0.0833. The SMILES string of the molecule is Cc1cc(NS(=O)(=O)c2ccccc2)ccn1. The lowest BCUT2D eigenvalue weighted by atomic mass is 10.3. The van der Waals surface area contributed by atoms with Crippen LogP contribution >= 0.6 is 0 Å². The number of anilines is 1. The Hall–Kier alpha value is -1.88. The molecule has 0 aliphatic carbocycles. The number of hydrogen-bond donors (Lipinski definition) is 1. The second-order valence-electron chi connectivity index (χ2n) is 3.60. The molecule has 0 saturated heterocycles. The van der Waals surface area contributed by atoms with Crippen LogP contribution in [-0.2, 0) is 10.0 Å². The number of rotatable bonds is 3. The molecule has 0 spiro atoms. The number of nitrogens with zero attached hydrogens (tertiary/aromatic N) is 1. The topological polar surface area (TPSA) is 59.1 Å². The van der Waals surface area contributed by atoms with E-state index in [2.05, 4.69) is 9.71 Å². The van der Waals surface area contributed by atoms with E-state index in [0.717, 1.165) is 5.69 Å². The number of aromatic nitrogens is 1. The highest BCUT2D eigenvalue weighted by Crippen LogP contribution is 2.15. The smallest absolute Gasteiger partial charge is 0.261 e. The van der Waals surface area contributed by atoms with Gasteiger partial charge in [0.05, 0.1) is 10.6 Å². The summed E-state index contributed by atoms with van der Waals surface area (Å²) >= 11 is 0. The van der Waals surface area contributed by atoms with Crippen molar-refractivity contribution in [1.29, 1.82) is 0 Å². The monoisotopic (exact) mass is 248 g/mol. The van der Waals surface area contributed by atoms with Crippen LogP contribution in [0.5, 0.6) is 0 Å². The Labute approximate surface area is 100 Å². The molecule has 0 aliphatic heterocycles. The molecular formula is C12H12N2O2S. The van der Waals surface area contributed by atoms with E-state index in [1.54, 1.807) is 55.6 Å². The minimum absolute atomic E-state index is 0.245. The lowest BCUT2D eigenvalue weighted by Crippen LogP contribution is -2.12. The van der Waals surface area contributed by atoms with Crippen LogP contribution < -0.4 is 4.72 Å². The summed E-state index contributed by atoms with van der Waals surface area (Å²) in [6, 6.07) is 11.6. The lowest BCUT2D eigenvalue weighted by molar-refractivity contribution is 0.601. The van der Waals surface area contributed by atoms with E-state index in [-0.39, 0.29) is 4.90 Å². The standard InChI is InChI=1S/C12H12N2O2S/c1-10-9-11(7-8-13-10)14-17(15,16)12-5-3-2-4-6-12/h2-9H,1H3,(H,13,14). The van der Waals surface area contributed by atoms with Crippen LogP contribution in [0.25, 0.3) is 0 Å². The Morgan fingerprint density at radius 2 is 1.82 bits per heavy atom. The van der Waals surface area contributed by atoms with Crippen molar-refractivity contribution >= 4 is 15.7 Å². The zero-order valence-electron chi connectivity index (χ0n) is 9.29. The summed E-state index contributed by atoms with van der Waals surface area (Å²) < 4.78 is 26.5. The van der Waals surface area contributed by atoms with Crippen molar-refractivity contribution in [3.63, 3.8) is 0 Å². The third-order valence-electron chi connectivity index (χ3n) is 2.20. The number of nitrogens with one attached hydrogen (secondary N) is 1. The van der Waals surface area contributed by atoms with Crippen LogP contribution in [0.3, 0.4) is 0 Å². The number of aryl methyl sites for hydroxylation is 1. The second kappa shape index (κ2) is 4.55. The average molecular weight is 248 g/mol. The first-order valence-corrected chi connectivity index (χ1v) is 6.57. The Morgan fingerprint density at radius 1 is 1.12 bits per heavy atom. The molecule has 0 amide bonds. The Kier molecular flexibility index (Phi) is 3.10. The van der Waals surface area contributed by atoms with Crippen molar-refractivity contribution in [1.82, 2.24) is 4.98 Å². The summed E-state index contributed by atoms with van der Waals surface area (Å²) in [5, 5.41) is 0. The van der Waals surface area contributed by atoms with Gasteiger partial charge in [-0.25, -0.2) is 8.42 Å². The van der Waals surface area contributed by atoms with Crippen LogP contribution in [0.1, 0.15) is 5.69 Å². The Bertz CT molecular complexity index is 609. The van der Waals surface area contributed by atoms with Crippen molar-refractivity contribution in [2.45, 2.75) is 11.8 Å². The summed E-state index contributed by atoms with van der Waals surface area (Å²) in [5.74, 6) is 0. The van der Waals surface area contributed by atoms with Gasteiger partial charge in [-0.3, -0.25) is 9.71 Å². The summed E-state index contributed by atoms with van der Waals surface area (Å²) in [6.45, 7) is 1.81. The zero-order valence-corrected chi connectivity index (χ0v) is 10.1. The first-order valence-electron chi connectivity index (χ1n) is 5.08. The highest BCUT2D eigenvalue weighted by Gasteiger charge is 2.13. The van der Waals surface area contributed by atoms with Crippen LogP contribution in [0.15, 0.2) is 53.6 Å². The number of benzene rings is 1. The molecule has 1 N–H and O–H groups in total.